The average Bonchev–Trinajstić information content (AvgIpc) is 3.33. The summed E-state index contributed by atoms with van der Waals surface area (Å²) in [7, 11) is 1.63. The number of aryl methyl sites for hydroxylation is 3. The highest BCUT2D eigenvalue weighted by molar-refractivity contribution is 7.12. The van der Waals surface area contributed by atoms with E-state index in [-0.39, 0.29) is 11.2 Å². The quantitative estimate of drug-likeness (QED) is 0.425. The molecule has 0 saturated heterocycles. The monoisotopic (exact) mass is 419 g/mol. The summed E-state index contributed by atoms with van der Waals surface area (Å²) in [4.78, 5) is 17.5. The van der Waals surface area contributed by atoms with Gasteiger partial charge in [-0.15, -0.1) is 16.5 Å². The maximum atomic E-state index is 12.9. The molecule has 0 radical (unpaired) electrons. The van der Waals surface area contributed by atoms with Crippen LogP contribution in [0.1, 0.15) is 16.8 Å². The lowest BCUT2D eigenvalue weighted by atomic mass is 10.1. The van der Waals surface area contributed by atoms with E-state index in [9.17, 15) is 4.79 Å². The topological polar surface area (TPSA) is 84.6 Å². The number of aromatic amines is 1. The molecule has 0 atom stereocenters. The molecule has 0 aliphatic heterocycles. The molecule has 0 amide bonds. The second-order valence-corrected chi connectivity index (χ2v) is 7.80. The minimum absolute atomic E-state index is 0.274. The lowest BCUT2D eigenvalue weighted by Crippen LogP contribution is -2.13. The van der Waals surface area contributed by atoms with Crippen LogP contribution in [0.25, 0.3) is 16.4 Å². The minimum Gasteiger partial charge on any atom is -0.497 e. The lowest BCUT2D eigenvalue weighted by molar-refractivity contribution is 0.415. The van der Waals surface area contributed by atoms with Crippen LogP contribution in [0.5, 0.6) is 5.75 Å². The Kier molecular flexibility index (Phi) is 5.33. The number of hydrogen-bond donors (Lipinski definition) is 1. The van der Waals surface area contributed by atoms with Gasteiger partial charge in [-0.2, -0.15) is 9.80 Å². The summed E-state index contributed by atoms with van der Waals surface area (Å²) < 4.78 is 6.60. The van der Waals surface area contributed by atoms with Gasteiger partial charge in [0.15, 0.2) is 5.69 Å². The number of benzene rings is 2. The number of azo groups is 1. The van der Waals surface area contributed by atoms with Crippen molar-refractivity contribution >= 4 is 22.7 Å². The molecule has 4 rings (SSSR count). The van der Waals surface area contributed by atoms with Gasteiger partial charge in [-0.1, -0.05) is 17.7 Å². The zero-order valence-electron chi connectivity index (χ0n) is 17.1. The molecule has 0 aliphatic rings. The van der Waals surface area contributed by atoms with Gasteiger partial charge in [0.05, 0.1) is 24.2 Å². The van der Waals surface area contributed by atoms with Gasteiger partial charge < -0.3 is 4.74 Å². The first-order valence-corrected chi connectivity index (χ1v) is 10.2. The molecular weight excluding hydrogens is 398 g/mol. The molecule has 8 heteroatoms. The average molecular weight is 420 g/mol. The number of aromatic nitrogens is 3. The highest BCUT2D eigenvalue weighted by atomic mass is 32.1. The van der Waals surface area contributed by atoms with E-state index in [1.165, 1.54) is 16.0 Å². The number of thiazole rings is 1. The van der Waals surface area contributed by atoms with Crippen LogP contribution >= 0.6 is 11.3 Å². The van der Waals surface area contributed by atoms with Crippen LogP contribution in [0.3, 0.4) is 0 Å². The molecular formula is C22H21N5O2S. The Bertz CT molecular complexity index is 1280. The fourth-order valence-corrected chi connectivity index (χ4v) is 3.86. The summed E-state index contributed by atoms with van der Waals surface area (Å²) in [6, 6.07) is 13.5. The van der Waals surface area contributed by atoms with Crippen molar-refractivity contribution in [2.45, 2.75) is 20.8 Å². The maximum absolute atomic E-state index is 12.9. The van der Waals surface area contributed by atoms with E-state index in [1.54, 1.807) is 14.0 Å². The molecule has 0 spiro atoms. The molecule has 7 nitrogen and oxygen atoms in total. The zero-order chi connectivity index (χ0) is 21.3. The highest BCUT2D eigenvalue weighted by Crippen LogP contribution is 2.27. The van der Waals surface area contributed by atoms with Gasteiger partial charge in [-0.25, -0.2) is 4.98 Å². The molecule has 30 heavy (non-hydrogen) atoms. The van der Waals surface area contributed by atoms with E-state index in [0.717, 1.165) is 33.8 Å². The minimum atomic E-state index is -0.281. The summed E-state index contributed by atoms with van der Waals surface area (Å²) in [6.45, 7) is 5.79. The van der Waals surface area contributed by atoms with Gasteiger partial charge in [-0.05, 0) is 56.7 Å². The molecule has 0 unspecified atom stereocenters. The van der Waals surface area contributed by atoms with E-state index in [1.807, 2.05) is 61.7 Å². The molecule has 2 aromatic carbocycles. The summed E-state index contributed by atoms with van der Waals surface area (Å²) >= 11 is 1.38. The molecule has 0 fully saturated rings. The largest absolute Gasteiger partial charge is 0.497 e. The van der Waals surface area contributed by atoms with Crippen molar-refractivity contribution in [3.63, 3.8) is 0 Å². The third-order valence-electron chi connectivity index (χ3n) is 4.72. The first-order valence-electron chi connectivity index (χ1n) is 9.37. The van der Waals surface area contributed by atoms with Crippen molar-refractivity contribution in [1.29, 1.82) is 0 Å². The van der Waals surface area contributed by atoms with Crippen LogP contribution < -0.4 is 10.3 Å². The van der Waals surface area contributed by atoms with Gasteiger partial charge in [0.1, 0.15) is 5.75 Å². The van der Waals surface area contributed by atoms with Crippen molar-refractivity contribution in [2.75, 3.05) is 7.11 Å². The Balaban J connectivity index is 1.64. The van der Waals surface area contributed by atoms with Crippen LogP contribution in [0.4, 0.5) is 11.4 Å². The van der Waals surface area contributed by atoms with Crippen molar-refractivity contribution in [3.8, 4) is 22.1 Å². The molecule has 4 aromatic rings. The predicted octanol–water partition coefficient (Wildman–Crippen LogP) is 5.64. The van der Waals surface area contributed by atoms with Crippen LogP contribution in [0.2, 0.25) is 0 Å². The third kappa shape index (κ3) is 3.81. The molecule has 2 heterocycles. The lowest BCUT2D eigenvalue weighted by Gasteiger charge is -2.00. The fourth-order valence-electron chi connectivity index (χ4n) is 3.07. The van der Waals surface area contributed by atoms with Crippen molar-refractivity contribution in [2.24, 2.45) is 10.2 Å². The fraction of sp³-hybridized carbons (Fsp3) is 0.182. The van der Waals surface area contributed by atoms with Gasteiger partial charge in [0.2, 0.25) is 5.13 Å². The SMILES string of the molecule is COc1ccc(-c2csc(-n3[nH]c(C)c(N=Nc4ccc(C)cc4C)c3=O)n2)cc1. The zero-order valence-corrected chi connectivity index (χ0v) is 17.9. The number of methoxy groups -OCH3 is 1. The highest BCUT2D eigenvalue weighted by Gasteiger charge is 2.15. The Morgan fingerprint density at radius 1 is 1.07 bits per heavy atom. The molecule has 0 bridgehead atoms. The van der Waals surface area contributed by atoms with Gasteiger partial charge in [-0.3, -0.25) is 9.89 Å². The molecule has 152 valence electrons. The van der Waals surface area contributed by atoms with E-state index < -0.39 is 0 Å². The summed E-state index contributed by atoms with van der Waals surface area (Å²) in [5.74, 6) is 0.782. The van der Waals surface area contributed by atoms with E-state index in [0.29, 0.717) is 10.8 Å². The number of nitrogens with zero attached hydrogens (tertiary/aromatic N) is 4. The Hall–Kier alpha value is -3.52. The van der Waals surface area contributed by atoms with Crippen LogP contribution in [0.15, 0.2) is 62.9 Å². The number of ether oxygens (including phenoxy) is 1. The Labute approximate surface area is 177 Å². The van der Waals surface area contributed by atoms with Crippen molar-refractivity contribution < 1.29 is 4.74 Å². The van der Waals surface area contributed by atoms with Crippen LogP contribution in [-0.2, 0) is 0 Å². The Morgan fingerprint density at radius 2 is 1.83 bits per heavy atom. The number of hydrogen-bond acceptors (Lipinski definition) is 6. The van der Waals surface area contributed by atoms with Gasteiger partial charge in [0, 0.05) is 10.9 Å². The van der Waals surface area contributed by atoms with Gasteiger partial charge in [0.25, 0.3) is 0 Å². The standard InChI is InChI=1S/C22H21N5O2S/c1-13-5-10-18(14(2)11-13)24-25-20-15(3)26-27(21(20)28)22-23-19(12-30-22)16-6-8-17(29-4)9-7-16/h5-12,26H,1-4H3. The number of rotatable bonds is 5. The summed E-state index contributed by atoms with van der Waals surface area (Å²) in [6.07, 6.45) is 0. The van der Waals surface area contributed by atoms with Crippen LogP contribution in [-0.4, -0.2) is 21.9 Å². The van der Waals surface area contributed by atoms with E-state index in [4.69, 9.17) is 4.74 Å². The molecule has 1 N–H and O–H groups in total. The van der Waals surface area contributed by atoms with Crippen molar-refractivity contribution in [3.05, 3.63) is 75.0 Å². The first kappa shape index (κ1) is 19.8. The molecule has 2 aromatic heterocycles. The number of nitrogens with one attached hydrogen (secondary N) is 1. The first-order chi connectivity index (χ1) is 14.5. The van der Waals surface area contributed by atoms with E-state index in [2.05, 4.69) is 20.3 Å². The summed E-state index contributed by atoms with van der Waals surface area (Å²) in [5.41, 5.74) is 5.27. The number of H-pyrrole nitrogens is 1. The second-order valence-electron chi connectivity index (χ2n) is 6.96. The predicted molar refractivity (Wildman–Crippen MR) is 119 cm³/mol. The normalized spacial score (nSPS) is 11.3. The van der Waals surface area contributed by atoms with Gasteiger partial charge >= 0.3 is 5.56 Å². The maximum Gasteiger partial charge on any atom is 0.301 e. The molecule has 0 aliphatic carbocycles. The molecule has 0 saturated carbocycles. The van der Waals surface area contributed by atoms with E-state index >= 15 is 0 Å². The second kappa shape index (κ2) is 8.08. The Morgan fingerprint density at radius 3 is 2.53 bits per heavy atom. The smallest absolute Gasteiger partial charge is 0.301 e. The van der Waals surface area contributed by atoms with Crippen LogP contribution in [0, 0.1) is 20.8 Å². The van der Waals surface area contributed by atoms with Crippen molar-refractivity contribution in [1.82, 2.24) is 14.8 Å². The third-order valence-corrected chi connectivity index (χ3v) is 5.55. The summed E-state index contributed by atoms with van der Waals surface area (Å²) in [5, 5.41) is 14.0.